The molecule has 3 aromatic rings. The van der Waals surface area contributed by atoms with Gasteiger partial charge in [0.2, 0.25) is 10.0 Å². The fourth-order valence-electron chi connectivity index (χ4n) is 3.65. The van der Waals surface area contributed by atoms with Crippen LogP contribution in [0.3, 0.4) is 0 Å². The number of sulfonamides is 1. The van der Waals surface area contributed by atoms with Crippen molar-refractivity contribution in [3.63, 3.8) is 0 Å². The third-order valence-corrected chi connectivity index (χ3v) is 8.34. The van der Waals surface area contributed by atoms with E-state index >= 15 is 0 Å². The molecule has 1 aliphatic heterocycles. The Morgan fingerprint density at radius 1 is 1.03 bits per heavy atom. The number of carbonyl (C=O) groups excluding carboxylic acids is 1. The third-order valence-electron chi connectivity index (χ3n) is 5.19. The number of hydrogen-bond acceptors (Lipinski definition) is 4. The number of rotatable bonds is 3. The van der Waals surface area contributed by atoms with Crippen LogP contribution in [0, 0.1) is 19.7 Å². The summed E-state index contributed by atoms with van der Waals surface area (Å²) >= 11 is 1.26. The van der Waals surface area contributed by atoms with Crippen LogP contribution < -0.4 is 0 Å². The molecule has 0 spiro atoms. The lowest BCUT2D eigenvalue weighted by Gasteiger charge is -2.34. The highest BCUT2D eigenvalue weighted by atomic mass is 32.2. The van der Waals surface area contributed by atoms with E-state index in [-0.39, 0.29) is 24.8 Å². The Morgan fingerprint density at radius 3 is 2.41 bits per heavy atom. The second-order valence-corrected chi connectivity index (χ2v) is 10.2. The quantitative estimate of drug-likeness (QED) is 0.633. The standard InChI is InChI=1S/C21H21FN2O3S2/c1-14-6-7-20(15(2)12-14)29(26,27)24-10-8-23(9-11-24)21(25)19-13-16-17(22)4-3-5-18(16)28-19/h3-7,12-13H,8-11H2,1-2H3. The van der Waals surface area contributed by atoms with Crippen molar-refractivity contribution in [3.05, 3.63) is 64.3 Å². The molecule has 2 heterocycles. The van der Waals surface area contributed by atoms with Crippen molar-refractivity contribution in [2.45, 2.75) is 18.7 Å². The van der Waals surface area contributed by atoms with Crippen molar-refractivity contribution in [2.24, 2.45) is 0 Å². The molecule has 0 atom stereocenters. The number of nitrogens with zero attached hydrogens (tertiary/aromatic N) is 2. The van der Waals surface area contributed by atoms with Gasteiger partial charge in [-0.3, -0.25) is 4.79 Å². The highest BCUT2D eigenvalue weighted by Gasteiger charge is 2.31. The summed E-state index contributed by atoms with van der Waals surface area (Å²) in [5.74, 6) is -0.531. The van der Waals surface area contributed by atoms with Crippen molar-refractivity contribution in [3.8, 4) is 0 Å². The molecule has 2 aromatic carbocycles. The maximum Gasteiger partial charge on any atom is 0.264 e. The predicted molar refractivity (Wildman–Crippen MR) is 112 cm³/mol. The summed E-state index contributed by atoms with van der Waals surface area (Å²) in [5.41, 5.74) is 1.73. The van der Waals surface area contributed by atoms with Gasteiger partial charge in [-0.1, -0.05) is 23.8 Å². The maximum atomic E-state index is 13.9. The summed E-state index contributed by atoms with van der Waals surface area (Å²) in [6.45, 7) is 4.80. The topological polar surface area (TPSA) is 57.7 Å². The van der Waals surface area contributed by atoms with Gasteiger partial charge in [0.25, 0.3) is 5.91 Å². The molecule has 29 heavy (non-hydrogen) atoms. The fraction of sp³-hybridized carbons (Fsp3) is 0.286. The summed E-state index contributed by atoms with van der Waals surface area (Å²) in [7, 11) is -3.60. The van der Waals surface area contributed by atoms with E-state index in [0.29, 0.717) is 28.2 Å². The van der Waals surface area contributed by atoms with Crippen LogP contribution in [-0.4, -0.2) is 49.7 Å². The molecule has 0 radical (unpaired) electrons. The molecule has 5 nitrogen and oxygen atoms in total. The molecule has 0 N–H and O–H groups in total. The van der Waals surface area contributed by atoms with Crippen molar-refractivity contribution < 1.29 is 17.6 Å². The average molecular weight is 433 g/mol. The Hall–Kier alpha value is -2.29. The number of aryl methyl sites for hydroxylation is 2. The second-order valence-electron chi connectivity index (χ2n) is 7.23. The molecule has 1 amide bonds. The minimum absolute atomic E-state index is 0.186. The number of halogens is 1. The van der Waals surface area contributed by atoms with Gasteiger partial charge in [-0.2, -0.15) is 4.31 Å². The van der Waals surface area contributed by atoms with Gasteiger partial charge in [-0.25, -0.2) is 12.8 Å². The highest BCUT2D eigenvalue weighted by molar-refractivity contribution is 7.89. The second kappa shape index (κ2) is 7.51. The summed E-state index contributed by atoms with van der Waals surface area (Å²) in [6.07, 6.45) is 0. The average Bonchev–Trinajstić information content (AvgIpc) is 3.13. The Kier molecular flexibility index (Phi) is 5.18. The number of amides is 1. The lowest BCUT2D eigenvalue weighted by molar-refractivity contribution is 0.0703. The van der Waals surface area contributed by atoms with Crippen LogP contribution in [0.1, 0.15) is 20.8 Å². The molecular weight excluding hydrogens is 411 g/mol. The monoisotopic (exact) mass is 432 g/mol. The summed E-state index contributed by atoms with van der Waals surface area (Å²) in [6, 6.07) is 11.7. The number of hydrogen-bond donors (Lipinski definition) is 0. The van der Waals surface area contributed by atoms with E-state index in [1.165, 1.54) is 21.7 Å². The number of carbonyl (C=O) groups is 1. The molecule has 1 aromatic heterocycles. The van der Waals surface area contributed by atoms with E-state index < -0.39 is 10.0 Å². The zero-order chi connectivity index (χ0) is 20.8. The van der Waals surface area contributed by atoms with Crippen molar-refractivity contribution in [2.75, 3.05) is 26.2 Å². The largest absolute Gasteiger partial charge is 0.335 e. The van der Waals surface area contributed by atoms with Crippen LogP contribution >= 0.6 is 11.3 Å². The summed E-state index contributed by atoms with van der Waals surface area (Å²) in [5, 5.41) is 0.442. The Morgan fingerprint density at radius 2 is 1.76 bits per heavy atom. The van der Waals surface area contributed by atoms with E-state index in [1.54, 1.807) is 42.2 Å². The summed E-state index contributed by atoms with van der Waals surface area (Å²) < 4.78 is 42.1. The first kappa shape index (κ1) is 20.0. The lowest BCUT2D eigenvalue weighted by atomic mass is 10.2. The van der Waals surface area contributed by atoms with Crippen molar-refractivity contribution in [1.29, 1.82) is 0 Å². The third kappa shape index (κ3) is 3.68. The smallest absolute Gasteiger partial charge is 0.264 e. The minimum Gasteiger partial charge on any atom is -0.335 e. The predicted octanol–water partition coefficient (Wildman–Crippen LogP) is 3.80. The van der Waals surface area contributed by atoms with Gasteiger partial charge < -0.3 is 4.90 Å². The number of thiophene rings is 1. The minimum atomic E-state index is -3.60. The molecule has 0 unspecified atom stereocenters. The van der Waals surface area contributed by atoms with Gasteiger partial charge in [-0.15, -0.1) is 11.3 Å². The Balaban J connectivity index is 1.49. The molecule has 0 bridgehead atoms. The van der Waals surface area contributed by atoms with Crippen molar-refractivity contribution >= 4 is 37.4 Å². The van der Waals surface area contributed by atoms with E-state index in [2.05, 4.69) is 0 Å². The molecule has 1 fully saturated rings. The van der Waals surface area contributed by atoms with Gasteiger partial charge in [0.1, 0.15) is 5.82 Å². The molecule has 0 aliphatic carbocycles. The zero-order valence-corrected chi connectivity index (χ0v) is 17.8. The van der Waals surface area contributed by atoms with Gasteiger partial charge in [-0.05, 0) is 43.7 Å². The normalized spacial score (nSPS) is 15.8. The van der Waals surface area contributed by atoms with E-state index in [4.69, 9.17) is 0 Å². The number of fused-ring (bicyclic) bond motifs is 1. The van der Waals surface area contributed by atoms with Gasteiger partial charge >= 0.3 is 0 Å². The molecule has 1 aliphatic rings. The number of piperazine rings is 1. The first-order valence-electron chi connectivity index (χ1n) is 9.32. The van der Waals surface area contributed by atoms with E-state index in [1.807, 2.05) is 13.0 Å². The Bertz CT molecular complexity index is 1200. The first-order chi connectivity index (χ1) is 13.8. The molecular formula is C21H21FN2O3S2. The van der Waals surface area contributed by atoms with Gasteiger partial charge in [0, 0.05) is 36.3 Å². The van der Waals surface area contributed by atoms with E-state index in [9.17, 15) is 17.6 Å². The first-order valence-corrected chi connectivity index (χ1v) is 11.6. The highest BCUT2D eigenvalue weighted by Crippen LogP contribution is 2.29. The SMILES string of the molecule is Cc1ccc(S(=O)(=O)N2CCN(C(=O)c3cc4c(F)cccc4s3)CC2)c(C)c1. The van der Waals surface area contributed by atoms with Crippen LogP contribution in [0.5, 0.6) is 0 Å². The van der Waals surface area contributed by atoms with Crippen LogP contribution in [0.2, 0.25) is 0 Å². The van der Waals surface area contributed by atoms with Crippen LogP contribution in [-0.2, 0) is 10.0 Å². The van der Waals surface area contributed by atoms with Crippen molar-refractivity contribution in [1.82, 2.24) is 9.21 Å². The van der Waals surface area contributed by atoms with Gasteiger partial charge in [0.15, 0.2) is 0 Å². The van der Waals surface area contributed by atoms with Crippen LogP contribution in [0.25, 0.3) is 10.1 Å². The zero-order valence-electron chi connectivity index (χ0n) is 16.2. The summed E-state index contributed by atoms with van der Waals surface area (Å²) in [4.78, 5) is 15.3. The van der Waals surface area contributed by atoms with E-state index in [0.717, 1.165) is 15.8 Å². The van der Waals surface area contributed by atoms with Gasteiger partial charge in [0.05, 0.1) is 9.77 Å². The molecule has 0 saturated carbocycles. The fourth-order valence-corrected chi connectivity index (χ4v) is 6.32. The van der Waals surface area contributed by atoms with Crippen LogP contribution in [0.4, 0.5) is 4.39 Å². The molecule has 1 saturated heterocycles. The lowest BCUT2D eigenvalue weighted by Crippen LogP contribution is -2.50. The maximum absolute atomic E-state index is 13.9. The number of benzene rings is 2. The molecule has 152 valence electrons. The molecule has 4 rings (SSSR count). The van der Waals surface area contributed by atoms with Crippen LogP contribution in [0.15, 0.2) is 47.4 Å². The molecule has 8 heteroatoms. The Labute approximate surface area is 173 Å².